The molecule has 2 unspecified atom stereocenters. The first-order valence-corrected chi connectivity index (χ1v) is 7.72. The smallest absolute Gasteiger partial charge is 0.292 e. The molecule has 1 amide bonds. The Bertz CT molecular complexity index is 512. The number of hydrogen-bond donors (Lipinski definition) is 2. The third-order valence-corrected chi connectivity index (χ3v) is 3.57. The fourth-order valence-corrected chi connectivity index (χ4v) is 2.27. The van der Waals surface area contributed by atoms with Gasteiger partial charge in [-0.05, 0) is 30.2 Å². The first-order valence-electron chi connectivity index (χ1n) is 7.72. The zero-order chi connectivity index (χ0) is 16.9. The van der Waals surface area contributed by atoms with Gasteiger partial charge in [-0.15, -0.1) is 0 Å². The molecule has 1 rings (SSSR count). The molecule has 0 saturated carbocycles. The second-order valence-electron chi connectivity index (χ2n) is 7.06. The van der Waals surface area contributed by atoms with Crippen molar-refractivity contribution in [2.45, 2.75) is 52.6 Å². The molecule has 1 aromatic carbocycles. The Morgan fingerprint density at radius 1 is 1.14 bits per heavy atom. The Hall–Kier alpha value is -1.68. The fraction of sp³-hybridized carbons (Fsp3) is 0.556. The largest absolute Gasteiger partial charge is 0.393 e. The maximum absolute atomic E-state index is 12.1. The average molecular weight is 305 g/mol. The maximum atomic E-state index is 12.1. The maximum Gasteiger partial charge on any atom is 0.292 e. The quantitative estimate of drug-likeness (QED) is 0.627. The monoisotopic (exact) mass is 305 g/mol. The van der Waals surface area contributed by atoms with Crippen molar-refractivity contribution < 1.29 is 14.7 Å². The van der Waals surface area contributed by atoms with Crippen LogP contribution >= 0.6 is 0 Å². The number of amides is 1. The highest BCUT2D eigenvalue weighted by atomic mass is 16.3. The number of rotatable bonds is 6. The van der Waals surface area contributed by atoms with Crippen LogP contribution in [-0.4, -0.2) is 29.4 Å². The topological polar surface area (TPSA) is 66.4 Å². The molecule has 1 aromatic rings. The molecule has 4 nitrogen and oxygen atoms in total. The summed E-state index contributed by atoms with van der Waals surface area (Å²) in [5.74, 6) is -0.995. The molecule has 0 radical (unpaired) electrons. The Labute approximate surface area is 132 Å². The summed E-state index contributed by atoms with van der Waals surface area (Å²) in [5, 5.41) is 11.9. The third-order valence-electron chi connectivity index (χ3n) is 3.57. The molecule has 0 aliphatic heterocycles. The summed E-state index contributed by atoms with van der Waals surface area (Å²) in [5.41, 5.74) is 1.53. The summed E-state index contributed by atoms with van der Waals surface area (Å²) in [7, 11) is 0. The van der Waals surface area contributed by atoms with Crippen molar-refractivity contribution in [1.82, 2.24) is 5.32 Å². The van der Waals surface area contributed by atoms with E-state index in [0.29, 0.717) is 18.5 Å². The van der Waals surface area contributed by atoms with Gasteiger partial charge in [0.05, 0.1) is 6.10 Å². The lowest BCUT2D eigenvalue weighted by molar-refractivity contribution is -0.117. The number of carbonyl (C=O) groups excluding carboxylic acids is 2. The second kappa shape index (κ2) is 7.54. The highest BCUT2D eigenvalue weighted by Crippen LogP contribution is 2.22. The number of nitrogens with one attached hydrogen (secondary N) is 1. The summed E-state index contributed by atoms with van der Waals surface area (Å²) in [4.78, 5) is 24.0. The zero-order valence-electron chi connectivity index (χ0n) is 14.1. The SMILES string of the molecule is CC(O)CC(C)CNC(=O)C(=O)c1ccc(C(C)(C)C)cc1. The van der Waals surface area contributed by atoms with Crippen LogP contribution in [0.15, 0.2) is 24.3 Å². The number of benzene rings is 1. The van der Waals surface area contributed by atoms with E-state index in [1.807, 2.05) is 19.1 Å². The van der Waals surface area contributed by atoms with E-state index in [2.05, 4.69) is 26.1 Å². The van der Waals surface area contributed by atoms with E-state index >= 15 is 0 Å². The van der Waals surface area contributed by atoms with Gasteiger partial charge in [0.25, 0.3) is 5.91 Å². The van der Waals surface area contributed by atoms with E-state index in [1.54, 1.807) is 19.1 Å². The van der Waals surface area contributed by atoms with E-state index < -0.39 is 17.8 Å². The molecular weight excluding hydrogens is 278 g/mol. The molecule has 122 valence electrons. The average Bonchev–Trinajstić information content (AvgIpc) is 2.42. The Balaban J connectivity index is 2.62. The highest BCUT2D eigenvalue weighted by Gasteiger charge is 2.19. The Morgan fingerprint density at radius 3 is 2.14 bits per heavy atom. The molecule has 22 heavy (non-hydrogen) atoms. The molecule has 0 aromatic heterocycles. The third kappa shape index (κ3) is 5.60. The Kier molecular flexibility index (Phi) is 6.30. The van der Waals surface area contributed by atoms with Crippen LogP contribution in [0.4, 0.5) is 0 Å². The summed E-state index contributed by atoms with van der Waals surface area (Å²) in [6.45, 7) is 10.3. The van der Waals surface area contributed by atoms with Crippen LogP contribution in [0.25, 0.3) is 0 Å². The van der Waals surface area contributed by atoms with E-state index in [9.17, 15) is 14.7 Å². The molecule has 0 aliphatic rings. The lowest BCUT2D eigenvalue weighted by Crippen LogP contribution is -2.34. The van der Waals surface area contributed by atoms with Crippen molar-refractivity contribution >= 4 is 11.7 Å². The van der Waals surface area contributed by atoms with Gasteiger partial charge in [-0.1, -0.05) is 52.0 Å². The predicted molar refractivity (Wildman–Crippen MR) is 87.9 cm³/mol. The number of aliphatic hydroxyl groups is 1. The van der Waals surface area contributed by atoms with Crippen LogP contribution in [0, 0.1) is 5.92 Å². The van der Waals surface area contributed by atoms with E-state index in [4.69, 9.17) is 0 Å². The number of carbonyl (C=O) groups is 2. The number of aliphatic hydroxyl groups excluding tert-OH is 1. The minimum absolute atomic E-state index is 0.0141. The lowest BCUT2D eigenvalue weighted by atomic mass is 9.86. The van der Waals surface area contributed by atoms with Crippen molar-refractivity contribution in [2.24, 2.45) is 5.92 Å². The van der Waals surface area contributed by atoms with Crippen molar-refractivity contribution in [2.75, 3.05) is 6.54 Å². The van der Waals surface area contributed by atoms with Crippen LogP contribution in [0.2, 0.25) is 0 Å². The van der Waals surface area contributed by atoms with Crippen LogP contribution in [0.1, 0.15) is 57.0 Å². The standard InChI is InChI=1S/C18H27NO3/c1-12(10-13(2)20)11-19-17(22)16(21)14-6-8-15(9-7-14)18(3,4)5/h6-9,12-13,20H,10-11H2,1-5H3,(H,19,22). The minimum atomic E-state index is -0.596. The van der Waals surface area contributed by atoms with Crippen molar-refractivity contribution in [3.05, 3.63) is 35.4 Å². The molecule has 2 atom stereocenters. The summed E-state index contributed by atoms with van der Waals surface area (Å²) >= 11 is 0. The first-order chi connectivity index (χ1) is 10.1. The molecule has 0 fully saturated rings. The molecule has 0 aliphatic carbocycles. The van der Waals surface area contributed by atoms with Gasteiger partial charge < -0.3 is 10.4 Å². The molecule has 2 N–H and O–H groups in total. The van der Waals surface area contributed by atoms with Gasteiger partial charge in [-0.2, -0.15) is 0 Å². The van der Waals surface area contributed by atoms with E-state index in [-0.39, 0.29) is 11.3 Å². The van der Waals surface area contributed by atoms with Crippen molar-refractivity contribution in [1.29, 1.82) is 0 Å². The molecule has 0 saturated heterocycles. The van der Waals surface area contributed by atoms with Crippen molar-refractivity contribution in [3.8, 4) is 0 Å². The normalized spacial score (nSPS) is 14.3. The van der Waals surface area contributed by atoms with E-state index in [0.717, 1.165) is 5.56 Å². The predicted octanol–water partition coefficient (Wildman–Crippen LogP) is 2.69. The van der Waals surface area contributed by atoms with Gasteiger partial charge >= 0.3 is 0 Å². The minimum Gasteiger partial charge on any atom is -0.393 e. The van der Waals surface area contributed by atoms with Gasteiger partial charge in [0.1, 0.15) is 0 Å². The van der Waals surface area contributed by atoms with Crippen LogP contribution in [-0.2, 0) is 10.2 Å². The lowest BCUT2D eigenvalue weighted by Gasteiger charge is -2.19. The number of ketones is 1. The van der Waals surface area contributed by atoms with Gasteiger partial charge in [-0.25, -0.2) is 0 Å². The van der Waals surface area contributed by atoms with E-state index in [1.165, 1.54) is 0 Å². The number of Topliss-reactive ketones (excluding diaryl/α,β-unsaturated/α-hetero) is 1. The zero-order valence-corrected chi connectivity index (χ0v) is 14.1. The molecule has 4 heteroatoms. The van der Waals surface area contributed by atoms with Crippen molar-refractivity contribution in [3.63, 3.8) is 0 Å². The fourth-order valence-electron chi connectivity index (χ4n) is 2.27. The molecular formula is C18H27NO3. The van der Waals surface area contributed by atoms with Crippen LogP contribution in [0.5, 0.6) is 0 Å². The van der Waals surface area contributed by atoms with Gasteiger partial charge in [0.15, 0.2) is 0 Å². The first kappa shape index (κ1) is 18.4. The second-order valence-corrected chi connectivity index (χ2v) is 7.06. The molecule has 0 heterocycles. The number of hydrogen-bond acceptors (Lipinski definition) is 3. The van der Waals surface area contributed by atoms with Gasteiger partial charge in [-0.3, -0.25) is 9.59 Å². The Morgan fingerprint density at radius 2 is 1.68 bits per heavy atom. The summed E-state index contributed by atoms with van der Waals surface area (Å²) < 4.78 is 0. The highest BCUT2D eigenvalue weighted by molar-refractivity contribution is 6.42. The van der Waals surface area contributed by atoms with Crippen LogP contribution in [0.3, 0.4) is 0 Å². The molecule has 0 bridgehead atoms. The van der Waals surface area contributed by atoms with Gasteiger partial charge in [0.2, 0.25) is 5.78 Å². The van der Waals surface area contributed by atoms with Gasteiger partial charge in [0, 0.05) is 12.1 Å². The molecule has 0 spiro atoms. The summed E-state index contributed by atoms with van der Waals surface area (Å²) in [6.07, 6.45) is 0.182. The van der Waals surface area contributed by atoms with Crippen LogP contribution < -0.4 is 5.32 Å². The summed E-state index contributed by atoms with van der Waals surface area (Å²) in [6, 6.07) is 7.16.